The van der Waals surface area contributed by atoms with Gasteiger partial charge in [-0.3, -0.25) is 4.79 Å². The fourth-order valence-electron chi connectivity index (χ4n) is 3.96. The van der Waals surface area contributed by atoms with Crippen molar-refractivity contribution in [1.82, 2.24) is 0 Å². The number of methoxy groups -OCH3 is 2. The summed E-state index contributed by atoms with van der Waals surface area (Å²) in [5, 5.41) is 8.74. The van der Waals surface area contributed by atoms with E-state index in [1.807, 2.05) is 18.2 Å². The first-order valence-corrected chi connectivity index (χ1v) is 15.3. The van der Waals surface area contributed by atoms with Crippen LogP contribution in [0.15, 0.2) is 72.8 Å². The Hall–Kier alpha value is -4.94. The molecule has 4 aromatic rings. The van der Waals surface area contributed by atoms with Gasteiger partial charge in [-0.2, -0.15) is 0 Å². The number of aromatic carboxylic acids is 1. The summed E-state index contributed by atoms with van der Waals surface area (Å²) in [4.78, 5) is 52.4. The Bertz CT molecular complexity index is 1910. The smallest absolute Gasteiger partial charge is 0.340 e. The van der Waals surface area contributed by atoms with Crippen LogP contribution in [0.25, 0.3) is 9.69 Å². The number of ketones is 1. The van der Waals surface area contributed by atoms with Crippen LogP contribution in [0, 0.1) is 13.1 Å². The summed E-state index contributed by atoms with van der Waals surface area (Å²) in [5.41, 5.74) is 8.73. The Morgan fingerprint density at radius 3 is 1.45 bits per heavy atom. The first kappa shape index (κ1) is 46.1. The molecule has 0 aliphatic rings. The van der Waals surface area contributed by atoms with Gasteiger partial charge in [0.2, 0.25) is 0 Å². The molecular formula is C37H35Cl4N3O7. The monoisotopic (exact) mass is 773 g/mol. The molecular weight excluding hydrogens is 740 g/mol. The number of nitrogens with zero attached hydrogens (tertiary/aromatic N) is 2. The zero-order valence-electron chi connectivity index (χ0n) is 25.9. The maximum atomic E-state index is 12.3. The maximum absolute atomic E-state index is 12.3. The molecule has 14 heteroatoms. The summed E-state index contributed by atoms with van der Waals surface area (Å²) < 4.78 is 9.05. The molecule has 51 heavy (non-hydrogen) atoms. The molecule has 0 heterocycles. The molecule has 0 atom stereocenters. The Labute approximate surface area is 317 Å². The van der Waals surface area contributed by atoms with Crippen molar-refractivity contribution in [2.45, 2.75) is 34.2 Å². The minimum absolute atomic E-state index is 0. The third kappa shape index (κ3) is 13.7. The van der Waals surface area contributed by atoms with Gasteiger partial charge in [-0.15, -0.1) is 0 Å². The lowest BCUT2D eigenvalue weighted by atomic mass is 10.0. The van der Waals surface area contributed by atoms with Gasteiger partial charge < -0.3 is 20.3 Å². The van der Waals surface area contributed by atoms with Gasteiger partial charge in [-0.05, 0) is 36.2 Å². The van der Waals surface area contributed by atoms with E-state index in [0.717, 1.165) is 23.3 Å². The van der Waals surface area contributed by atoms with Gasteiger partial charge in [0.1, 0.15) is 0 Å². The van der Waals surface area contributed by atoms with Crippen LogP contribution < -0.4 is 5.73 Å². The van der Waals surface area contributed by atoms with Gasteiger partial charge >= 0.3 is 17.9 Å². The van der Waals surface area contributed by atoms with Gasteiger partial charge in [0.15, 0.2) is 17.2 Å². The lowest BCUT2D eigenvalue weighted by Crippen LogP contribution is -2.07. The number of rotatable bonds is 8. The van der Waals surface area contributed by atoms with Gasteiger partial charge in [-0.1, -0.05) is 115 Å². The lowest BCUT2D eigenvalue weighted by molar-refractivity contribution is 0.0592. The SMILES string of the molecule is C.C.COC(=O)c1c(Cl)cc(C(=O)O)cc1Cl.[C-]#[N+]c1cccc(CCC(=O)c2cc(Cl)c(C(=O)OC)c(Cl)c2)c1.[C-]#[N+]c1cccc(CN)c1. The molecule has 4 aromatic carbocycles. The number of carbonyl (C=O) groups is 4. The molecule has 0 fully saturated rings. The van der Waals surface area contributed by atoms with E-state index in [4.69, 9.17) is 70.4 Å². The van der Waals surface area contributed by atoms with Crippen molar-refractivity contribution in [3.8, 4) is 0 Å². The summed E-state index contributed by atoms with van der Waals surface area (Å²) >= 11 is 23.5. The number of hydrogen-bond acceptors (Lipinski definition) is 7. The molecule has 0 spiro atoms. The Morgan fingerprint density at radius 1 is 0.686 bits per heavy atom. The number of benzene rings is 4. The van der Waals surface area contributed by atoms with E-state index in [-0.39, 0.29) is 63.8 Å². The van der Waals surface area contributed by atoms with Gasteiger partial charge in [0.25, 0.3) is 0 Å². The number of carboxylic acids is 1. The van der Waals surface area contributed by atoms with E-state index in [1.165, 1.54) is 26.4 Å². The molecule has 4 rings (SSSR count). The van der Waals surface area contributed by atoms with Crippen LogP contribution in [-0.2, 0) is 22.4 Å². The highest BCUT2D eigenvalue weighted by molar-refractivity contribution is 6.40. The molecule has 0 unspecified atom stereocenters. The van der Waals surface area contributed by atoms with Crippen molar-refractivity contribution in [3.63, 3.8) is 0 Å². The maximum Gasteiger partial charge on any atom is 0.340 e. The van der Waals surface area contributed by atoms with Crippen LogP contribution in [-0.4, -0.2) is 43.0 Å². The molecule has 0 saturated carbocycles. The quantitative estimate of drug-likeness (QED) is 0.102. The summed E-state index contributed by atoms with van der Waals surface area (Å²) in [6.45, 7) is 14.2. The van der Waals surface area contributed by atoms with E-state index < -0.39 is 17.9 Å². The van der Waals surface area contributed by atoms with Crippen molar-refractivity contribution in [3.05, 3.63) is 149 Å². The number of halogens is 4. The molecule has 10 nitrogen and oxygen atoms in total. The average Bonchev–Trinajstić information content (AvgIpc) is 3.10. The first-order chi connectivity index (χ1) is 23.3. The summed E-state index contributed by atoms with van der Waals surface area (Å²) in [5.74, 6) is -2.68. The number of ether oxygens (including phenoxy) is 2. The van der Waals surface area contributed by atoms with Crippen LogP contribution in [0.4, 0.5) is 11.4 Å². The number of aryl methyl sites for hydroxylation is 1. The predicted octanol–water partition coefficient (Wildman–Crippen LogP) is 10.6. The average molecular weight is 776 g/mol. The van der Waals surface area contributed by atoms with Crippen LogP contribution in [0.5, 0.6) is 0 Å². The van der Waals surface area contributed by atoms with Gasteiger partial charge in [0, 0.05) is 18.5 Å². The van der Waals surface area contributed by atoms with Crippen molar-refractivity contribution >= 4 is 81.5 Å². The zero-order valence-corrected chi connectivity index (χ0v) is 29.0. The van der Waals surface area contributed by atoms with E-state index >= 15 is 0 Å². The first-order valence-electron chi connectivity index (χ1n) is 13.8. The van der Waals surface area contributed by atoms with Crippen molar-refractivity contribution in [2.75, 3.05) is 14.2 Å². The Morgan fingerprint density at radius 2 is 1.08 bits per heavy atom. The number of esters is 2. The Kier molecular flexibility index (Phi) is 20.5. The normalized spacial score (nSPS) is 9.35. The largest absolute Gasteiger partial charge is 0.478 e. The summed E-state index contributed by atoms with van der Waals surface area (Å²) in [6, 6.07) is 19.5. The topological polar surface area (TPSA) is 142 Å². The highest BCUT2D eigenvalue weighted by Crippen LogP contribution is 2.29. The molecule has 0 saturated heterocycles. The highest BCUT2D eigenvalue weighted by atomic mass is 35.5. The summed E-state index contributed by atoms with van der Waals surface area (Å²) in [7, 11) is 2.41. The van der Waals surface area contributed by atoms with E-state index in [9.17, 15) is 19.2 Å². The third-order valence-electron chi connectivity index (χ3n) is 6.39. The van der Waals surface area contributed by atoms with Crippen LogP contribution in [0.1, 0.15) is 73.8 Å². The minimum atomic E-state index is -1.17. The number of Topliss-reactive ketones (excluding diaryl/α,β-unsaturated/α-hetero) is 1. The number of carbonyl (C=O) groups excluding carboxylic acids is 3. The fourth-order valence-corrected chi connectivity index (χ4v) is 5.24. The molecule has 0 amide bonds. The minimum Gasteiger partial charge on any atom is -0.478 e. The summed E-state index contributed by atoms with van der Waals surface area (Å²) in [6.07, 6.45) is 0.738. The second kappa shape index (κ2) is 22.7. The van der Waals surface area contributed by atoms with Crippen LogP contribution in [0.2, 0.25) is 20.1 Å². The Balaban J connectivity index is 0.000000793. The van der Waals surface area contributed by atoms with E-state index in [2.05, 4.69) is 19.2 Å². The highest BCUT2D eigenvalue weighted by Gasteiger charge is 2.20. The van der Waals surface area contributed by atoms with E-state index in [0.29, 0.717) is 29.9 Å². The van der Waals surface area contributed by atoms with Crippen molar-refractivity contribution in [2.24, 2.45) is 5.73 Å². The van der Waals surface area contributed by atoms with E-state index in [1.54, 1.807) is 30.3 Å². The van der Waals surface area contributed by atoms with Gasteiger partial charge in [-0.25, -0.2) is 24.1 Å². The van der Waals surface area contributed by atoms with Crippen LogP contribution in [0.3, 0.4) is 0 Å². The van der Waals surface area contributed by atoms with Crippen molar-refractivity contribution < 1.29 is 33.8 Å². The zero-order chi connectivity index (χ0) is 36.7. The lowest BCUT2D eigenvalue weighted by Gasteiger charge is -2.08. The number of nitrogens with two attached hydrogens (primary N) is 1. The molecule has 268 valence electrons. The molecule has 3 N–H and O–H groups in total. The van der Waals surface area contributed by atoms with Crippen molar-refractivity contribution in [1.29, 1.82) is 0 Å². The molecule has 0 aliphatic carbocycles. The predicted molar refractivity (Wildman–Crippen MR) is 202 cm³/mol. The number of hydrogen-bond donors (Lipinski definition) is 2. The molecule has 0 aromatic heterocycles. The standard InChI is InChI=1S/C18H13Cl2NO3.C9H6Cl2O4.C8H8N2.2CH4/c1-21-13-5-3-4-11(8-13)6-7-16(22)12-9-14(19)17(15(20)10-12)18(23)24-2;1-15-9(14)7-5(10)2-4(8(12)13)3-6(7)11;1-10-8-4-2-3-7(5-8)6-9;;/h3-5,8-10H,6-7H2,2H3;2-3H,1H3,(H,12,13);2-5H,6,9H2;2*1H4. The second-order valence-electron chi connectivity index (χ2n) is 9.61. The van der Waals surface area contributed by atoms with Gasteiger partial charge in [0.05, 0.1) is 64.1 Å². The van der Waals surface area contributed by atoms with Crippen LogP contribution >= 0.6 is 46.4 Å². The third-order valence-corrected chi connectivity index (χ3v) is 7.58. The number of carboxylic acid groups (broad SMARTS) is 1. The fraction of sp³-hybridized carbons (Fsp3) is 0.189. The second-order valence-corrected chi connectivity index (χ2v) is 11.2. The molecule has 0 aliphatic heterocycles. The molecule has 0 radical (unpaired) electrons. The molecule has 0 bridgehead atoms.